The molecule has 2 aromatic heterocycles. The first-order valence-corrected chi connectivity index (χ1v) is 6.97. The van der Waals surface area contributed by atoms with E-state index in [1.807, 2.05) is 0 Å². The van der Waals surface area contributed by atoms with E-state index in [1.165, 1.54) is 0 Å². The number of hydrogen-bond acceptors (Lipinski definition) is 3. The van der Waals surface area contributed by atoms with Gasteiger partial charge in [0.05, 0.1) is 23.5 Å². The Morgan fingerprint density at radius 2 is 2.29 bits per heavy atom. The lowest BCUT2D eigenvalue weighted by Gasteiger charge is -2.02. The van der Waals surface area contributed by atoms with Gasteiger partial charge in [-0.05, 0) is 17.3 Å². The van der Waals surface area contributed by atoms with Crippen LogP contribution in [0.2, 0.25) is 0 Å². The number of nitrogens with zero attached hydrogens (tertiary/aromatic N) is 3. The molecule has 0 unspecified atom stereocenters. The average Bonchev–Trinajstić information content (AvgIpc) is 2.78. The molecule has 0 aliphatic rings. The van der Waals surface area contributed by atoms with Crippen molar-refractivity contribution in [2.45, 2.75) is 12.8 Å². The third-order valence-corrected chi connectivity index (χ3v) is 3.18. The Kier molecular flexibility index (Phi) is 4.29. The second kappa shape index (κ2) is 5.95. The number of amides is 1. The van der Waals surface area contributed by atoms with E-state index in [0.29, 0.717) is 12.1 Å². The average molecular weight is 344 g/mol. The third-order valence-electron chi connectivity index (χ3n) is 2.42. The predicted molar refractivity (Wildman–Crippen MR) is 73.4 cm³/mol. The van der Waals surface area contributed by atoms with Gasteiger partial charge in [0.2, 0.25) is 0 Å². The van der Waals surface area contributed by atoms with Crippen LogP contribution >= 0.6 is 22.6 Å². The maximum Gasteiger partial charge on any atom is 0.255 e. The fraction of sp³-hybridized carbons (Fsp3) is 0.364. The molecule has 1 amide bonds. The molecule has 0 aliphatic carbocycles. The number of fused-ring (bicyclic) bond motifs is 1. The zero-order chi connectivity index (χ0) is 12.1. The monoisotopic (exact) mass is 344 g/mol. The molecule has 0 radical (unpaired) electrons. The highest BCUT2D eigenvalue weighted by Crippen LogP contribution is 2.08. The van der Waals surface area contributed by atoms with Crippen LogP contribution in [0.3, 0.4) is 0 Å². The molecule has 0 fully saturated rings. The predicted octanol–water partition coefficient (Wildman–Crippen LogP) is 1.67. The number of alkyl halides is 1. The summed E-state index contributed by atoms with van der Waals surface area (Å²) < 4.78 is 2.76. The molecule has 0 spiro atoms. The van der Waals surface area contributed by atoms with Gasteiger partial charge in [-0.1, -0.05) is 22.6 Å². The second-order valence-electron chi connectivity index (χ2n) is 3.62. The molecule has 0 atom stereocenters. The largest absolute Gasteiger partial charge is 0.352 e. The van der Waals surface area contributed by atoms with Crippen molar-refractivity contribution in [2.24, 2.45) is 0 Å². The van der Waals surface area contributed by atoms with E-state index in [4.69, 9.17) is 0 Å². The van der Waals surface area contributed by atoms with Crippen LogP contribution in [-0.2, 0) is 0 Å². The van der Waals surface area contributed by atoms with E-state index in [-0.39, 0.29) is 5.91 Å². The number of hydrogen-bond donors (Lipinski definition) is 1. The minimum atomic E-state index is -0.0820. The van der Waals surface area contributed by atoms with Crippen molar-refractivity contribution in [1.82, 2.24) is 19.9 Å². The minimum Gasteiger partial charge on any atom is -0.352 e. The number of aromatic nitrogens is 3. The smallest absolute Gasteiger partial charge is 0.255 e. The lowest BCUT2D eigenvalue weighted by Crippen LogP contribution is -2.24. The summed E-state index contributed by atoms with van der Waals surface area (Å²) in [5.74, 6) is -0.0820. The van der Waals surface area contributed by atoms with Crippen molar-refractivity contribution >= 4 is 34.0 Å². The molecule has 1 N–H and O–H groups in total. The van der Waals surface area contributed by atoms with E-state index in [2.05, 4.69) is 38.0 Å². The van der Waals surface area contributed by atoms with E-state index in [0.717, 1.165) is 22.8 Å². The number of carbonyl (C=O) groups is 1. The van der Waals surface area contributed by atoms with E-state index in [9.17, 15) is 4.79 Å². The van der Waals surface area contributed by atoms with Crippen molar-refractivity contribution in [1.29, 1.82) is 0 Å². The van der Waals surface area contributed by atoms with Gasteiger partial charge in [0, 0.05) is 18.9 Å². The Labute approximate surface area is 113 Å². The summed E-state index contributed by atoms with van der Waals surface area (Å²) >= 11 is 2.33. The minimum absolute atomic E-state index is 0.0820. The summed E-state index contributed by atoms with van der Waals surface area (Å²) in [4.78, 5) is 15.9. The summed E-state index contributed by atoms with van der Waals surface area (Å²) in [7, 11) is 0. The molecular weight excluding hydrogens is 331 g/mol. The molecule has 6 heteroatoms. The third kappa shape index (κ3) is 2.93. The normalized spacial score (nSPS) is 10.6. The van der Waals surface area contributed by atoms with E-state index >= 15 is 0 Å². The van der Waals surface area contributed by atoms with Crippen LogP contribution in [0.25, 0.3) is 5.52 Å². The lowest BCUT2D eigenvalue weighted by atomic mass is 10.2. The molecule has 2 rings (SSSR count). The molecule has 0 saturated heterocycles. The Hall–Kier alpha value is -1.18. The molecule has 90 valence electrons. The topological polar surface area (TPSA) is 59.3 Å². The maximum atomic E-state index is 11.9. The van der Waals surface area contributed by atoms with Gasteiger partial charge in [-0.25, -0.2) is 4.52 Å². The molecule has 2 heterocycles. The molecule has 0 saturated carbocycles. The second-order valence-corrected chi connectivity index (χ2v) is 4.70. The quantitative estimate of drug-likeness (QED) is 0.510. The van der Waals surface area contributed by atoms with Crippen LogP contribution < -0.4 is 5.32 Å². The Morgan fingerprint density at radius 1 is 1.41 bits per heavy atom. The first-order chi connectivity index (χ1) is 8.33. The zero-order valence-electron chi connectivity index (χ0n) is 9.27. The molecular formula is C11H13IN4O. The van der Waals surface area contributed by atoms with Crippen LogP contribution in [-0.4, -0.2) is 31.5 Å². The van der Waals surface area contributed by atoms with Gasteiger partial charge in [0.1, 0.15) is 0 Å². The van der Waals surface area contributed by atoms with Gasteiger partial charge in [-0.2, -0.15) is 5.10 Å². The van der Waals surface area contributed by atoms with Gasteiger partial charge >= 0.3 is 0 Å². The molecule has 17 heavy (non-hydrogen) atoms. The fourth-order valence-corrected chi connectivity index (χ4v) is 2.07. The van der Waals surface area contributed by atoms with E-state index < -0.39 is 0 Å². The fourth-order valence-electron chi connectivity index (χ4n) is 1.53. The summed E-state index contributed by atoms with van der Waals surface area (Å²) in [5, 5.41) is 6.99. The highest BCUT2D eigenvalue weighted by molar-refractivity contribution is 14.1. The molecule has 0 bridgehead atoms. The van der Waals surface area contributed by atoms with Gasteiger partial charge in [0.15, 0.2) is 0 Å². The summed E-state index contributed by atoms with van der Waals surface area (Å²) in [6, 6.07) is 0. The van der Waals surface area contributed by atoms with Gasteiger partial charge < -0.3 is 5.32 Å². The Bertz CT molecular complexity index is 511. The number of unbranched alkanes of at least 4 members (excludes halogenated alkanes) is 1. The van der Waals surface area contributed by atoms with E-state index in [1.54, 1.807) is 29.3 Å². The van der Waals surface area contributed by atoms with Gasteiger partial charge in [-0.15, -0.1) is 0 Å². The van der Waals surface area contributed by atoms with Crippen molar-refractivity contribution in [3.63, 3.8) is 0 Å². The van der Waals surface area contributed by atoms with Crippen molar-refractivity contribution in [2.75, 3.05) is 11.0 Å². The van der Waals surface area contributed by atoms with Crippen LogP contribution in [0.15, 0.2) is 24.8 Å². The molecule has 0 aliphatic heterocycles. The Morgan fingerprint density at radius 3 is 3.12 bits per heavy atom. The summed E-state index contributed by atoms with van der Waals surface area (Å²) in [5.41, 5.74) is 1.31. The molecule has 2 aromatic rings. The highest BCUT2D eigenvalue weighted by Gasteiger charge is 2.11. The first-order valence-electron chi connectivity index (χ1n) is 5.44. The molecule has 0 aromatic carbocycles. The SMILES string of the molecule is O=C(NCCCCI)c1cnn2ccncc12. The van der Waals surface area contributed by atoms with Crippen molar-refractivity contribution < 1.29 is 4.79 Å². The number of rotatable bonds is 5. The lowest BCUT2D eigenvalue weighted by molar-refractivity contribution is 0.0955. The highest BCUT2D eigenvalue weighted by atomic mass is 127. The van der Waals surface area contributed by atoms with Crippen molar-refractivity contribution in [3.8, 4) is 0 Å². The molecule has 5 nitrogen and oxygen atoms in total. The summed E-state index contributed by atoms with van der Waals surface area (Å²) in [6.45, 7) is 0.708. The van der Waals surface area contributed by atoms with Crippen LogP contribution in [0, 0.1) is 0 Å². The zero-order valence-corrected chi connectivity index (χ0v) is 11.4. The van der Waals surface area contributed by atoms with Crippen LogP contribution in [0.4, 0.5) is 0 Å². The number of halogens is 1. The van der Waals surface area contributed by atoms with Crippen molar-refractivity contribution in [3.05, 3.63) is 30.4 Å². The Balaban J connectivity index is 2.04. The summed E-state index contributed by atoms with van der Waals surface area (Å²) in [6.07, 6.45) is 8.71. The van der Waals surface area contributed by atoms with Crippen LogP contribution in [0.5, 0.6) is 0 Å². The maximum absolute atomic E-state index is 11.9. The van der Waals surface area contributed by atoms with Gasteiger partial charge in [0.25, 0.3) is 5.91 Å². The number of carbonyl (C=O) groups excluding carboxylic acids is 1. The first kappa shape index (κ1) is 12.3. The standard InChI is InChI=1S/C11H13IN4O/c12-3-1-2-4-14-11(17)9-7-15-16-6-5-13-8-10(9)16/h5-8H,1-4H2,(H,14,17). The van der Waals surface area contributed by atoms with Gasteiger partial charge in [-0.3, -0.25) is 9.78 Å². The van der Waals surface area contributed by atoms with Crippen LogP contribution in [0.1, 0.15) is 23.2 Å². The number of nitrogens with one attached hydrogen (secondary N) is 1.